The lowest BCUT2D eigenvalue weighted by molar-refractivity contribution is 0.0327. The first-order valence-corrected chi connectivity index (χ1v) is 15.7. The Balaban J connectivity index is 2.81. The fourth-order valence-electron chi connectivity index (χ4n) is 2.73. The summed E-state index contributed by atoms with van der Waals surface area (Å²) in [5.74, 6) is 0. The van der Waals surface area contributed by atoms with Crippen LogP contribution in [0.5, 0.6) is 0 Å². The first-order chi connectivity index (χ1) is 10.6. The first-order valence-electron chi connectivity index (χ1n) is 9.90. The maximum Gasteiger partial charge on any atom is 0.192 e. The molecule has 1 fully saturated rings. The van der Waals surface area contributed by atoms with Gasteiger partial charge in [-0.2, -0.15) is 0 Å². The number of rotatable bonds is 6. The second-order valence-corrected chi connectivity index (χ2v) is 20.8. The van der Waals surface area contributed by atoms with E-state index in [-0.39, 0.29) is 15.5 Å². The Morgan fingerprint density at radius 2 is 1.00 bits per heavy atom. The standard InChI is InChI=1S/C20H44O2Si2/c1-18(2,3)23(7,8)21-16-20(14-12-11-13-15-20)17-22-24(9,10)19(4,5)6/h11-17H2,1-10H3. The SMILES string of the molecule is CC(C)(C)[Si](C)(C)OCC1(CO[Si](C)(C)C(C)(C)C)CCCCC1. The van der Waals surface area contributed by atoms with Crippen molar-refractivity contribution in [1.29, 1.82) is 0 Å². The van der Waals surface area contributed by atoms with E-state index >= 15 is 0 Å². The molecule has 0 heterocycles. The van der Waals surface area contributed by atoms with E-state index in [1.807, 2.05) is 0 Å². The van der Waals surface area contributed by atoms with E-state index in [0.717, 1.165) is 13.2 Å². The van der Waals surface area contributed by atoms with E-state index in [1.54, 1.807) is 0 Å². The van der Waals surface area contributed by atoms with E-state index in [4.69, 9.17) is 8.85 Å². The Labute approximate surface area is 154 Å². The first kappa shape index (κ1) is 22.4. The molecular formula is C20H44O2Si2. The molecule has 0 aromatic carbocycles. The van der Waals surface area contributed by atoms with Crippen LogP contribution < -0.4 is 0 Å². The molecule has 1 aliphatic rings. The molecule has 1 saturated carbocycles. The lowest BCUT2D eigenvalue weighted by Gasteiger charge is -2.45. The Hall–Kier alpha value is 0.354. The van der Waals surface area contributed by atoms with Crippen molar-refractivity contribution in [3.63, 3.8) is 0 Å². The average molecular weight is 373 g/mol. The van der Waals surface area contributed by atoms with Crippen LogP contribution in [0.15, 0.2) is 0 Å². The highest BCUT2D eigenvalue weighted by molar-refractivity contribution is 6.74. The van der Waals surface area contributed by atoms with Gasteiger partial charge in [-0.25, -0.2) is 0 Å². The van der Waals surface area contributed by atoms with Crippen LogP contribution in [0.25, 0.3) is 0 Å². The molecule has 0 radical (unpaired) electrons. The zero-order valence-corrected chi connectivity index (χ0v) is 20.3. The van der Waals surface area contributed by atoms with Crippen molar-refractivity contribution >= 4 is 16.6 Å². The van der Waals surface area contributed by atoms with Crippen LogP contribution in [0, 0.1) is 5.41 Å². The molecule has 24 heavy (non-hydrogen) atoms. The van der Waals surface area contributed by atoms with Gasteiger partial charge in [0.1, 0.15) is 0 Å². The van der Waals surface area contributed by atoms with Crippen molar-refractivity contribution in [3.8, 4) is 0 Å². The molecule has 0 amide bonds. The van der Waals surface area contributed by atoms with Crippen molar-refractivity contribution in [2.24, 2.45) is 5.41 Å². The Kier molecular flexibility index (Phi) is 7.03. The van der Waals surface area contributed by atoms with Crippen LogP contribution in [0.3, 0.4) is 0 Å². The van der Waals surface area contributed by atoms with E-state index in [2.05, 4.69) is 67.7 Å². The molecule has 4 heteroatoms. The van der Waals surface area contributed by atoms with Crippen molar-refractivity contribution in [1.82, 2.24) is 0 Å². The molecule has 2 nitrogen and oxygen atoms in total. The normalized spacial score (nSPS) is 20.2. The largest absolute Gasteiger partial charge is 0.416 e. The van der Waals surface area contributed by atoms with Gasteiger partial charge in [0, 0.05) is 18.6 Å². The number of hydrogen-bond donors (Lipinski definition) is 0. The molecule has 1 rings (SSSR count). The second-order valence-electron chi connectivity index (χ2n) is 11.2. The zero-order chi connectivity index (χ0) is 18.9. The summed E-state index contributed by atoms with van der Waals surface area (Å²) >= 11 is 0. The minimum Gasteiger partial charge on any atom is -0.416 e. The second kappa shape index (κ2) is 7.54. The highest BCUT2D eigenvalue weighted by Gasteiger charge is 2.43. The maximum absolute atomic E-state index is 6.66. The molecule has 0 bridgehead atoms. The van der Waals surface area contributed by atoms with Crippen molar-refractivity contribution in [3.05, 3.63) is 0 Å². The smallest absolute Gasteiger partial charge is 0.192 e. The van der Waals surface area contributed by atoms with Gasteiger partial charge in [0.05, 0.1) is 0 Å². The van der Waals surface area contributed by atoms with E-state index < -0.39 is 16.6 Å². The van der Waals surface area contributed by atoms with Crippen LogP contribution in [0.4, 0.5) is 0 Å². The third-order valence-corrected chi connectivity index (χ3v) is 16.0. The summed E-state index contributed by atoms with van der Waals surface area (Å²) < 4.78 is 13.3. The highest BCUT2D eigenvalue weighted by Crippen LogP contribution is 2.44. The van der Waals surface area contributed by atoms with Gasteiger partial charge in [-0.05, 0) is 49.1 Å². The fourth-order valence-corrected chi connectivity index (χ4v) is 4.93. The van der Waals surface area contributed by atoms with Gasteiger partial charge in [-0.1, -0.05) is 60.8 Å². The maximum atomic E-state index is 6.66. The quantitative estimate of drug-likeness (QED) is 0.468. The minimum absolute atomic E-state index is 0.253. The van der Waals surface area contributed by atoms with Gasteiger partial charge in [-0.15, -0.1) is 0 Å². The summed E-state index contributed by atoms with van der Waals surface area (Å²) in [6, 6.07) is 0. The zero-order valence-electron chi connectivity index (χ0n) is 18.3. The Morgan fingerprint density at radius 3 is 1.29 bits per heavy atom. The third-order valence-electron chi connectivity index (χ3n) is 7.00. The van der Waals surface area contributed by atoms with Crippen molar-refractivity contribution in [2.75, 3.05) is 13.2 Å². The average Bonchev–Trinajstić information content (AvgIpc) is 2.42. The highest BCUT2D eigenvalue weighted by atomic mass is 28.4. The van der Waals surface area contributed by atoms with Gasteiger partial charge >= 0.3 is 0 Å². The van der Waals surface area contributed by atoms with Crippen LogP contribution in [-0.2, 0) is 8.85 Å². The molecule has 0 aromatic rings. The van der Waals surface area contributed by atoms with Crippen LogP contribution in [0.2, 0.25) is 36.3 Å². The molecule has 0 aromatic heterocycles. The van der Waals surface area contributed by atoms with Crippen molar-refractivity contribution in [2.45, 2.75) is 110 Å². The van der Waals surface area contributed by atoms with Crippen LogP contribution in [-0.4, -0.2) is 29.8 Å². The van der Waals surface area contributed by atoms with Gasteiger partial charge in [0.15, 0.2) is 16.6 Å². The monoisotopic (exact) mass is 372 g/mol. The van der Waals surface area contributed by atoms with Gasteiger partial charge in [0.25, 0.3) is 0 Å². The predicted molar refractivity (Wildman–Crippen MR) is 112 cm³/mol. The summed E-state index contributed by atoms with van der Waals surface area (Å²) in [5, 5.41) is 0.562. The Morgan fingerprint density at radius 1 is 0.667 bits per heavy atom. The van der Waals surface area contributed by atoms with Crippen LogP contribution in [0.1, 0.15) is 73.6 Å². The molecule has 0 saturated heterocycles. The summed E-state index contributed by atoms with van der Waals surface area (Å²) in [6.07, 6.45) is 6.60. The van der Waals surface area contributed by atoms with Crippen LogP contribution >= 0.6 is 0 Å². The predicted octanol–water partition coefficient (Wildman–Crippen LogP) is 6.98. The molecule has 144 valence electrons. The molecule has 0 unspecified atom stereocenters. The van der Waals surface area contributed by atoms with Gasteiger partial charge in [-0.3, -0.25) is 0 Å². The minimum atomic E-state index is -1.69. The van der Waals surface area contributed by atoms with E-state index in [1.165, 1.54) is 32.1 Å². The topological polar surface area (TPSA) is 18.5 Å². The van der Waals surface area contributed by atoms with Crippen molar-refractivity contribution < 1.29 is 8.85 Å². The van der Waals surface area contributed by atoms with E-state index in [0.29, 0.717) is 0 Å². The number of hydrogen-bond acceptors (Lipinski definition) is 2. The summed E-state index contributed by atoms with van der Waals surface area (Å²) in [6.45, 7) is 25.3. The Bertz CT molecular complexity index is 365. The summed E-state index contributed by atoms with van der Waals surface area (Å²) in [7, 11) is -3.38. The molecule has 0 aliphatic heterocycles. The summed E-state index contributed by atoms with van der Waals surface area (Å²) in [5.41, 5.74) is 0.253. The van der Waals surface area contributed by atoms with Gasteiger partial charge in [0.2, 0.25) is 0 Å². The lowest BCUT2D eigenvalue weighted by Crippen LogP contribution is -2.48. The summed E-state index contributed by atoms with van der Waals surface area (Å²) in [4.78, 5) is 0. The molecular weight excluding hydrogens is 328 g/mol. The van der Waals surface area contributed by atoms with Gasteiger partial charge < -0.3 is 8.85 Å². The molecule has 0 spiro atoms. The molecule has 0 atom stereocenters. The van der Waals surface area contributed by atoms with E-state index in [9.17, 15) is 0 Å². The lowest BCUT2D eigenvalue weighted by atomic mass is 9.75. The molecule has 1 aliphatic carbocycles. The molecule has 0 N–H and O–H groups in total. The fraction of sp³-hybridized carbons (Fsp3) is 1.00. The third kappa shape index (κ3) is 5.68.